The molecule has 0 aliphatic heterocycles. The average Bonchev–Trinajstić information content (AvgIpc) is 2.31. The molecule has 92 valence electrons. The number of halogens is 2. The van der Waals surface area contributed by atoms with Gasteiger partial charge in [0.1, 0.15) is 0 Å². The van der Waals surface area contributed by atoms with Gasteiger partial charge in [0.2, 0.25) is 0 Å². The van der Waals surface area contributed by atoms with E-state index in [1.54, 1.807) is 0 Å². The van der Waals surface area contributed by atoms with Gasteiger partial charge >= 0.3 is 5.97 Å². The maximum Gasteiger partial charge on any atom is 0.306 e. The average molecular weight is 242 g/mol. The molecule has 17 heavy (non-hydrogen) atoms. The first-order valence-electron chi connectivity index (χ1n) is 5.01. The Balaban J connectivity index is 2.81. The lowest BCUT2D eigenvalue weighted by atomic mass is 9.96. The molecule has 0 radical (unpaired) electrons. The van der Waals surface area contributed by atoms with Gasteiger partial charge in [-0.05, 0) is 18.2 Å². The molecule has 1 aromatic rings. The quantitative estimate of drug-likeness (QED) is 0.601. The van der Waals surface area contributed by atoms with Crippen molar-refractivity contribution in [2.75, 3.05) is 7.11 Å². The van der Waals surface area contributed by atoms with E-state index in [1.807, 2.05) is 0 Å². The molecule has 0 heterocycles. The van der Waals surface area contributed by atoms with Gasteiger partial charge in [-0.2, -0.15) is 0 Å². The molecule has 1 rings (SSSR count). The first-order valence-corrected chi connectivity index (χ1v) is 5.01. The second-order valence-electron chi connectivity index (χ2n) is 3.67. The lowest BCUT2D eigenvalue weighted by Gasteiger charge is -2.09. The zero-order chi connectivity index (χ0) is 13.0. The maximum atomic E-state index is 12.9. The molecule has 1 atom stereocenters. The van der Waals surface area contributed by atoms with E-state index >= 15 is 0 Å². The van der Waals surface area contributed by atoms with Crippen LogP contribution in [0, 0.1) is 17.6 Å². The molecule has 3 nitrogen and oxygen atoms in total. The normalized spacial score (nSPS) is 12.0. The van der Waals surface area contributed by atoms with Crippen molar-refractivity contribution in [3.8, 4) is 0 Å². The van der Waals surface area contributed by atoms with E-state index in [-0.39, 0.29) is 12.0 Å². The van der Waals surface area contributed by atoms with Gasteiger partial charge in [-0.15, -0.1) is 0 Å². The van der Waals surface area contributed by atoms with E-state index in [9.17, 15) is 18.4 Å². The largest absolute Gasteiger partial charge is 0.469 e. The summed E-state index contributed by atoms with van der Waals surface area (Å²) in [6, 6.07) is 2.90. The van der Waals surface area contributed by atoms with Crippen molar-refractivity contribution >= 4 is 11.8 Å². The molecule has 0 aromatic heterocycles. The highest BCUT2D eigenvalue weighted by atomic mass is 19.2. The van der Waals surface area contributed by atoms with Gasteiger partial charge in [0.15, 0.2) is 17.4 Å². The lowest BCUT2D eigenvalue weighted by molar-refractivity contribution is -0.141. The van der Waals surface area contributed by atoms with Gasteiger partial charge in [-0.1, -0.05) is 6.92 Å². The summed E-state index contributed by atoms with van der Waals surface area (Å²) < 4.78 is 30.0. The number of methoxy groups -OCH3 is 1. The number of rotatable bonds is 4. The molecule has 0 amide bonds. The van der Waals surface area contributed by atoms with Crippen LogP contribution in [0.1, 0.15) is 23.7 Å². The lowest BCUT2D eigenvalue weighted by Crippen LogP contribution is -2.16. The summed E-state index contributed by atoms with van der Waals surface area (Å²) in [5.41, 5.74) is 0.0419. The molecule has 1 unspecified atom stereocenters. The molecule has 1 aromatic carbocycles. The van der Waals surface area contributed by atoms with Crippen LogP contribution in [0.5, 0.6) is 0 Å². The van der Waals surface area contributed by atoms with Crippen LogP contribution in [0.3, 0.4) is 0 Å². The predicted octanol–water partition coefficient (Wildman–Crippen LogP) is 2.35. The number of carbonyl (C=O) groups is 2. The van der Waals surface area contributed by atoms with E-state index in [4.69, 9.17) is 0 Å². The van der Waals surface area contributed by atoms with Crippen molar-refractivity contribution in [2.24, 2.45) is 5.92 Å². The summed E-state index contributed by atoms with van der Waals surface area (Å²) in [6.45, 7) is 1.53. The van der Waals surface area contributed by atoms with E-state index in [2.05, 4.69) is 4.74 Å². The Morgan fingerprint density at radius 1 is 1.29 bits per heavy atom. The summed E-state index contributed by atoms with van der Waals surface area (Å²) in [5, 5.41) is 0. The van der Waals surface area contributed by atoms with Crippen LogP contribution in [0.15, 0.2) is 18.2 Å². The van der Waals surface area contributed by atoms with Crippen LogP contribution in [0.4, 0.5) is 8.78 Å². The molecular formula is C12H12F2O3. The van der Waals surface area contributed by atoms with Crippen LogP contribution in [-0.4, -0.2) is 18.9 Å². The Morgan fingerprint density at radius 3 is 2.47 bits per heavy atom. The van der Waals surface area contributed by atoms with Crippen molar-refractivity contribution in [3.63, 3.8) is 0 Å². The molecule has 0 spiro atoms. The summed E-state index contributed by atoms with van der Waals surface area (Å²) in [7, 11) is 1.22. The summed E-state index contributed by atoms with van der Waals surface area (Å²) in [6.07, 6.45) is -0.0890. The standard InChI is InChI=1S/C12H12F2O3/c1-7(5-11(15)17-2)12(16)8-3-4-9(13)10(14)6-8/h3-4,6-7H,5H2,1-2H3. The monoisotopic (exact) mass is 242 g/mol. The molecule has 0 saturated heterocycles. The minimum absolute atomic E-state index is 0.0419. The Labute approximate surface area is 97.4 Å². The number of ether oxygens (including phenoxy) is 1. The summed E-state index contributed by atoms with van der Waals surface area (Å²) in [5.74, 6) is -3.67. The number of Topliss-reactive ketones (excluding diaryl/α,β-unsaturated/α-hetero) is 1. The van der Waals surface area contributed by atoms with Crippen molar-refractivity contribution in [1.29, 1.82) is 0 Å². The van der Waals surface area contributed by atoms with E-state index in [0.717, 1.165) is 12.1 Å². The predicted molar refractivity (Wildman–Crippen MR) is 56.5 cm³/mol. The summed E-state index contributed by atoms with van der Waals surface area (Å²) in [4.78, 5) is 22.7. The van der Waals surface area contributed by atoms with Gasteiger partial charge in [0.25, 0.3) is 0 Å². The van der Waals surface area contributed by atoms with Crippen molar-refractivity contribution < 1.29 is 23.1 Å². The SMILES string of the molecule is COC(=O)CC(C)C(=O)c1ccc(F)c(F)c1. The molecule has 0 fully saturated rings. The number of hydrogen-bond donors (Lipinski definition) is 0. The minimum Gasteiger partial charge on any atom is -0.469 e. The molecule has 0 N–H and O–H groups in total. The third-order valence-corrected chi connectivity index (χ3v) is 2.35. The first-order chi connectivity index (χ1) is 7.95. The van der Waals surface area contributed by atoms with Crippen LogP contribution in [-0.2, 0) is 9.53 Å². The Hall–Kier alpha value is -1.78. The van der Waals surface area contributed by atoms with Crippen LogP contribution in [0.2, 0.25) is 0 Å². The molecular weight excluding hydrogens is 230 g/mol. The van der Waals surface area contributed by atoms with Crippen molar-refractivity contribution in [2.45, 2.75) is 13.3 Å². The number of ketones is 1. The second-order valence-corrected chi connectivity index (χ2v) is 3.67. The van der Waals surface area contributed by atoms with Gasteiger partial charge in [0, 0.05) is 11.5 Å². The van der Waals surface area contributed by atoms with E-state index < -0.39 is 29.3 Å². The fourth-order valence-corrected chi connectivity index (χ4v) is 1.36. The molecule has 0 aliphatic rings. The van der Waals surface area contributed by atoms with Crippen LogP contribution in [0.25, 0.3) is 0 Å². The molecule has 0 bridgehead atoms. The smallest absolute Gasteiger partial charge is 0.306 e. The number of esters is 1. The van der Waals surface area contributed by atoms with Gasteiger partial charge in [-0.25, -0.2) is 8.78 Å². The van der Waals surface area contributed by atoms with Crippen molar-refractivity contribution in [1.82, 2.24) is 0 Å². The van der Waals surface area contributed by atoms with Crippen LogP contribution >= 0.6 is 0 Å². The number of hydrogen-bond acceptors (Lipinski definition) is 3. The second kappa shape index (κ2) is 5.52. The van der Waals surface area contributed by atoms with Crippen molar-refractivity contribution in [3.05, 3.63) is 35.4 Å². The zero-order valence-corrected chi connectivity index (χ0v) is 9.50. The maximum absolute atomic E-state index is 12.9. The van der Waals surface area contributed by atoms with Gasteiger partial charge < -0.3 is 4.74 Å². The first kappa shape index (κ1) is 13.3. The zero-order valence-electron chi connectivity index (χ0n) is 9.50. The molecule has 0 saturated carbocycles. The third kappa shape index (κ3) is 3.34. The fourth-order valence-electron chi connectivity index (χ4n) is 1.36. The number of carbonyl (C=O) groups excluding carboxylic acids is 2. The van der Waals surface area contributed by atoms with Crippen LogP contribution < -0.4 is 0 Å². The number of benzene rings is 1. The summed E-state index contributed by atoms with van der Waals surface area (Å²) >= 11 is 0. The highest BCUT2D eigenvalue weighted by Gasteiger charge is 2.20. The van der Waals surface area contributed by atoms with Gasteiger partial charge in [0.05, 0.1) is 13.5 Å². The fraction of sp³-hybridized carbons (Fsp3) is 0.333. The highest BCUT2D eigenvalue weighted by Crippen LogP contribution is 2.15. The Morgan fingerprint density at radius 2 is 1.94 bits per heavy atom. The molecule has 0 aliphatic carbocycles. The molecule has 5 heteroatoms. The van der Waals surface area contributed by atoms with Gasteiger partial charge in [-0.3, -0.25) is 9.59 Å². The Kier molecular flexibility index (Phi) is 4.31. The highest BCUT2D eigenvalue weighted by molar-refractivity contribution is 5.99. The Bertz CT molecular complexity index is 443. The van der Waals surface area contributed by atoms with E-state index in [0.29, 0.717) is 0 Å². The van der Waals surface area contributed by atoms with E-state index in [1.165, 1.54) is 20.1 Å². The minimum atomic E-state index is -1.08. The topological polar surface area (TPSA) is 43.4 Å². The third-order valence-electron chi connectivity index (χ3n) is 2.35.